The van der Waals surface area contributed by atoms with Crippen molar-refractivity contribution in [2.24, 2.45) is 5.92 Å². The average Bonchev–Trinajstić information content (AvgIpc) is 2.82. The molecule has 1 amide bonds. The number of carbonyl (C=O) groups is 1. The summed E-state index contributed by atoms with van der Waals surface area (Å²) in [5, 5.41) is 2.98. The molecule has 0 bridgehead atoms. The summed E-state index contributed by atoms with van der Waals surface area (Å²) in [7, 11) is 1.61. The highest BCUT2D eigenvalue weighted by molar-refractivity contribution is 5.92. The molecule has 0 unspecified atom stereocenters. The summed E-state index contributed by atoms with van der Waals surface area (Å²) in [4.78, 5) is 23.8. The summed E-state index contributed by atoms with van der Waals surface area (Å²) < 4.78 is 11.2. The molecule has 3 heterocycles. The van der Waals surface area contributed by atoms with E-state index in [0.29, 0.717) is 23.1 Å². The van der Waals surface area contributed by atoms with Gasteiger partial charge >= 0.3 is 0 Å². The number of pyridine rings is 2. The molecule has 2 aromatic heterocycles. The molecule has 32 heavy (non-hydrogen) atoms. The maximum absolute atomic E-state index is 12.7. The highest BCUT2D eigenvalue weighted by Crippen LogP contribution is 2.31. The van der Waals surface area contributed by atoms with Crippen molar-refractivity contribution in [3.63, 3.8) is 0 Å². The van der Waals surface area contributed by atoms with Gasteiger partial charge in [-0.3, -0.25) is 4.79 Å². The van der Waals surface area contributed by atoms with Gasteiger partial charge in [0.05, 0.1) is 19.0 Å². The average molecular weight is 433 g/mol. The molecule has 1 aliphatic heterocycles. The number of benzene rings is 1. The van der Waals surface area contributed by atoms with Crippen LogP contribution in [-0.4, -0.2) is 36.1 Å². The summed E-state index contributed by atoms with van der Waals surface area (Å²) >= 11 is 0. The second kappa shape index (κ2) is 9.68. The first-order valence-electron chi connectivity index (χ1n) is 10.8. The van der Waals surface area contributed by atoms with E-state index in [1.54, 1.807) is 25.4 Å². The SMILES string of the molecule is COc1cc(C)ccc1Oc1ccc(NC(=O)C2CCN(c3ccc(C)cn3)CC2)cn1. The van der Waals surface area contributed by atoms with Gasteiger partial charge in [0.1, 0.15) is 5.82 Å². The van der Waals surface area contributed by atoms with Gasteiger partial charge in [-0.1, -0.05) is 12.1 Å². The minimum Gasteiger partial charge on any atom is -0.493 e. The second-order valence-electron chi connectivity index (χ2n) is 8.09. The van der Waals surface area contributed by atoms with E-state index in [1.165, 1.54) is 0 Å². The van der Waals surface area contributed by atoms with Crippen LogP contribution in [0.2, 0.25) is 0 Å². The Balaban J connectivity index is 1.31. The molecule has 4 rings (SSSR count). The van der Waals surface area contributed by atoms with E-state index in [9.17, 15) is 4.79 Å². The maximum atomic E-state index is 12.7. The molecule has 0 radical (unpaired) electrons. The Labute approximate surface area is 188 Å². The van der Waals surface area contributed by atoms with Crippen molar-refractivity contribution < 1.29 is 14.3 Å². The van der Waals surface area contributed by atoms with Crippen LogP contribution in [0, 0.1) is 19.8 Å². The lowest BCUT2D eigenvalue weighted by molar-refractivity contribution is -0.120. The van der Waals surface area contributed by atoms with E-state index in [2.05, 4.69) is 26.3 Å². The number of amides is 1. The van der Waals surface area contributed by atoms with Crippen LogP contribution in [0.15, 0.2) is 54.9 Å². The topological polar surface area (TPSA) is 76.6 Å². The second-order valence-corrected chi connectivity index (χ2v) is 8.09. The molecule has 0 spiro atoms. The van der Waals surface area contributed by atoms with E-state index in [-0.39, 0.29) is 11.8 Å². The van der Waals surface area contributed by atoms with E-state index in [4.69, 9.17) is 9.47 Å². The van der Waals surface area contributed by atoms with Crippen LogP contribution in [0.5, 0.6) is 17.4 Å². The standard InChI is InChI=1S/C25H28N4O3/c1-17-4-7-21(22(14-17)31-3)32-24-9-6-20(16-27-24)28-25(30)19-10-12-29(13-11-19)23-8-5-18(2)15-26-23/h4-9,14-16,19H,10-13H2,1-3H3,(H,28,30). The van der Waals surface area contributed by atoms with Gasteiger partial charge in [0.2, 0.25) is 11.8 Å². The van der Waals surface area contributed by atoms with E-state index >= 15 is 0 Å². The number of ether oxygens (including phenoxy) is 2. The van der Waals surface area contributed by atoms with Crippen molar-refractivity contribution >= 4 is 17.4 Å². The van der Waals surface area contributed by atoms with Crippen molar-refractivity contribution in [1.29, 1.82) is 0 Å². The highest BCUT2D eigenvalue weighted by atomic mass is 16.5. The molecular weight excluding hydrogens is 404 g/mol. The van der Waals surface area contributed by atoms with Gasteiger partial charge in [-0.15, -0.1) is 0 Å². The molecule has 0 aliphatic carbocycles. The van der Waals surface area contributed by atoms with Gasteiger partial charge in [0.25, 0.3) is 0 Å². The summed E-state index contributed by atoms with van der Waals surface area (Å²) in [6, 6.07) is 13.3. The Bertz CT molecular complexity index is 1060. The molecule has 1 fully saturated rings. The lowest BCUT2D eigenvalue weighted by atomic mass is 9.96. The van der Waals surface area contributed by atoms with E-state index in [0.717, 1.165) is 42.9 Å². The third-order valence-electron chi connectivity index (χ3n) is 5.62. The number of aryl methyl sites for hydroxylation is 2. The Morgan fingerprint density at radius 2 is 1.75 bits per heavy atom. The molecule has 1 N–H and O–H groups in total. The quantitative estimate of drug-likeness (QED) is 0.606. The Morgan fingerprint density at radius 3 is 2.41 bits per heavy atom. The summed E-state index contributed by atoms with van der Waals surface area (Å²) in [5.74, 6) is 2.65. The van der Waals surface area contributed by atoms with Crippen molar-refractivity contribution in [2.45, 2.75) is 26.7 Å². The third-order valence-corrected chi connectivity index (χ3v) is 5.62. The molecule has 0 atom stereocenters. The van der Waals surface area contributed by atoms with Gasteiger partial charge in [0, 0.05) is 31.3 Å². The van der Waals surface area contributed by atoms with Crippen molar-refractivity contribution in [3.8, 4) is 17.4 Å². The van der Waals surface area contributed by atoms with Gasteiger partial charge in [-0.2, -0.15) is 0 Å². The molecular formula is C25H28N4O3. The van der Waals surface area contributed by atoms with E-state index < -0.39 is 0 Å². The summed E-state index contributed by atoms with van der Waals surface area (Å²) in [5.41, 5.74) is 2.88. The zero-order chi connectivity index (χ0) is 22.5. The minimum atomic E-state index is -0.0237. The number of hydrogen-bond acceptors (Lipinski definition) is 6. The Morgan fingerprint density at radius 1 is 0.969 bits per heavy atom. The first-order valence-corrected chi connectivity index (χ1v) is 10.8. The Kier molecular flexibility index (Phi) is 6.54. The molecule has 166 valence electrons. The number of piperidine rings is 1. The number of methoxy groups -OCH3 is 1. The predicted octanol–water partition coefficient (Wildman–Crippen LogP) is 4.75. The fourth-order valence-corrected chi connectivity index (χ4v) is 3.75. The number of rotatable bonds is 6. The Hall–Kier alpha value is -3.61. The van der Waals surface area contributed by atoms with Crippen LogP contribution in [0.4, 0.5) is 11.5 Å². The number of anilines is 2. The fraction of sp³-hybridized carbons (Fsp3) is 0.320. The maximum Gasteiger partial charge on any atom is 0.227 e. The van der Waals surface area contributed by atoms with Crippen molar-refractivity contribution in [2.75, 3.05) is 30.4 Å². The molecule has 7 nitrogen and oxygen atoms in total. The molecule has 1 aliphatic rings. The minimum absolute atomic E-state index is 0.0237. The predicted molar refractivity (Wildman–Crippen MR) is 125 cm³/mol. The van der Waals surface area contributed by atoms with E-state index in [1.807, 2.05) is 44.3 Å². The molecule has 1 saturated heterocycles. The molecule has 3 aromatic rings. The first-order chi connectivity index (χ1) is 15.5. The number of hydrogen-bond donors (Lipinski definition) is 1. The van der Waals surface area contributed by atoms with Crippen molar-refractivity contribution in [1.82, 2.24) is 9.97 Å². The molecule has 1 aromatic carbocycles. The molecule has 0 saturated carbocycles. The smallest absolute Gasteiger partial charge is 0.227 e. The van der Waals surface area contributed by atoms with Gasteiger partial charge in [-0.05, 0) is 62.1 Å². The lowest BCUT2D eigenvalue weighted by Gasteiger charge is -2.32. The number of nitrogens with one attached hydrogen (secondary N) is 1. The van der Waals surface area contributed by atoms with Gasteiger partial charge in [0.15, 0.2) is 11.5 Å². The van der Waals surface area contributed by atoms with Crippen LogP contribution < -0.4 is 19.7 Å². The van der Waals surface area contributed by atoms with Crippen LogP contribution in [0.3, 0.4) is 0 Å². The van der Waals surface area contributed by atoms with Crippen LogP contribution in [0.1, 0.15) is 24.0 Å². The third kappa shape index (κ3) is 5.17. The van der Waals surface area contributed by atoms with Crippen LogP contribution in [-0.2, 0) is 4.79 Å². The fourth-order valence-electron chi connectivity index (χ4n) is 3.75. The van der Waals surface area contributed by atoms with Crippen LogP contribution in [0.25, 0.3) is 0 Å². The number of carbonyl (C=O) groups excluding carboxylic acids is 1. The highest BCUT2D eigenvalue weighted by Gasteiger charge is 2.25. The number of nitrogens with zero attached hydrogens (tertiary/aromatic N) is 3. The lowest BCUT2D eigenvalue weighted by Crippen LogP contribution is -2.38. The first kappa shape index (κ1) is 21.6. The van der Waals surface area contributed by atoms with Crippen molar-refractivity contribution in [3.05, 3.63) is 66.0 Å². The van der Waals surface area contributed by atoms with Crippen LogP contribution >= 0.6 is 0 Å². The zero-order valence-electron chi connectivity index (χ0n) is 18.7. The normalized spacial score (nSPS) is 14.2. The monoisotopic (exact) mass is 432 g/mol. The summed E-state index contributed by atoms with van der Waals surface area (Å²) in [6.45, 7) is 5.65. The van der Waals surface area contributed by atoms with Gasteiger partial charge in [-0.25, -0.2) is 9.97 Å². The zero-order valence-corrected chi connectivity index (χ0v) is 18.7. The summed E-state index contributed by atoms with van der Waals surface area (Å²) in [6.07, 6.45) is 5.08. The number of aromatic nitrogens is 2. The molecule has 7 heteroatoms. The largest absolute Gasteiger partial charge is 0.493 e. The van der Waals surface area contributed by atoms with Gasteiger partial charge < -0.3 is 19.7 Å².